The second kappa shape index (κ2) is 5.82. The zero-order valence-electron chi connectivity index (χ0n) is 10.4. The highest BCUT2D eigenvalue weighted by atomic mass is 16.4. The molecule has 0 aromatic rings. The second-order valence-electron chi connectivity index (χ2n) is 4.52. The zero-order chi connectivity index (χ0) is 13.0. The van der Waals surface area contributed by atoms with E-state index in [0.29, 0.717) is 13.1 Å². The third kappa shape index (κ3) is 3.30. The Hall–Kier alpha value is -1.36. The Labute approximate surface area is 102 Å². The summed E-state index contributed by atoms with van der Waals surface area (Å²) in [6.45, 7) is 9.40. The van der Waals surface area contributed by atoms with E-state index < -0.39 is 12.0 Å². The fourth-order valence-corrected chi connectivity index (χ4v) is 2.18. The molecule has 1 rings (SSSR count). The molecule has 1 atom stereocenters. The Morgan fingerprint density at radius 3 is 2.71 bits per heavy atom. The van der Waals surface area contributed by atoms with Gasteiger partial charge in [0.05, 0.1) is 6.42 Å². The fourth-order valence-electron chi connectivity index (χ4n) is 2.18. The first kappa shape index (κ1) is 13.7. The first-order valence-electron chi connectivity index (χ1n) is 5.84. The van der Waals surface area contributed by atoms with Crippen molar-refractivity contribution in [1.29, 1.82) is 0 Å². The van der Waals surface area contributed by atoms with Crippen LogP contribution in [0.2, 0.25) is 0 Å². The van der Waals surface area contributed by atoms with E-state index in [1.165, 1.54) is 0 Å². The first-order valence-corrected chi connectivity index (χ1v) is 5.84. The molecule has 1 aliphatic heterocycles. The zero-order valence-corrected chi connectivity index (χ0v) is 10.4. The van der Waals surface area contributed by atoms with Crippen molar-refractivity contribution in [3.63, 3.8) is 0 Å². The van der Waals surface area contributed by atoms with Crippen LogP contribution >= 0.6 is 0 Å². The van der Waals surface area contributed by atoms with Crippen molar-refractivity contribution in [3.8, 4) is 0 Å². The Kier molecular flexibility index (Phi) is 4.69. The first-order chi connectivity index (χ1) is 7.97. The van der Waals surface area contributed by atoms with Crippen LogP contribution in [0, 0.1) is 0 Å². The summed E-state index contributed by atoms with van der Waals surface area (Å²) in [6.07, 6.45) is 1.53. The molecule has 1 fully saturated rings. The van der Waals surface area contributed by atoms with Gasteiger partial charge >= 0.3 is 5.97 Å². The van der Waals surface area contributed by atoms with Crippen LogP contribution in [0.4, 0.5) is 0 Å². The number of rotatable bonds is 5. The molecule has 1 amide bonds. The van der Waals surface area contributed by atoms with Gasteiger partial charge in [-0.05, 0) is 13.8 Å². The topological polar surface area (TPSA) is 60.9 Å². The van der Waals surface area contributed by atoms with E-state index >= 15 is 0 Å². The predicted molar refractivity (Wildman–Crippen MR) is 64.7 cm³/mol. The third-order valence-electron chi connectivity index (χ3n) is 3.01. The molecule has 0 aromatic heterocycles. The summed E-state index contributed by atoms with van der Waals surface area (Å²) in [5.74, 6) is -1.04. The Balaban J connectivity index is 2.82. The maximum atomic E-state index is 12.1. The monoisotopic (exact) mass is 240 g/mol. The van der Waals surface area contributed by atoms with E-state index in [1.807, 2.05) is 18.7 Å². The molecule has 1 saturated heterocycles. The molecule has 96 valence electrons. The van der Waals surface area contributed by atoms with Gasteiger partial charge in [0, 0.05) is 25.7 Å². The number of amides is 1. The van der Waals surface area contributed by atoms with Crippen LogP contribution in [-0.4, -0.2) is 58.5 Å². The second-order valence-corrected chi connectivity index (χ2v) is 4.52. The van der Waals surface area contributed by atoms with Gasteiger partial charge < -0.3 is 10.0 Å². The van der Waals surface area contributed by atoms with Crippen LogP contribution in [0.25, 0.3) is 0 Å². The molecular weight excluding hydrogens is 220 g/mol. The molecule has 0 radical (unpaired) electrons. The Bertz CT molecular complexity index is 315. The number of carboxylic acid groups (broad SMARTS) is 1. The van der Waals surface area contributed by atoms with Crippen molar-refractivity contribution in [2.75, 3.05) is 19.6 Å². The Morgan fingerprint density at radius 1 is 1.59 bits per heavy atom. The molecule has 0 bridgehead atoms. The lowest BCUT2D eigenvalue weighted by Gasteiger charge is -2.41. The lowest BCUT2D eigenvalue weighted by molar-refractivity contribution is -0.149. The number of hydrogen-bond acceptors (Lipinski definition) is 3. The van der Waals surface area contributed by atoms with Gasteiger partial charge in [0.25, 0.3) is 0 Å². The molecule has 1 unspecified atom stereocenters. The minimum Gasteiger partial charge on any atom is -0.481 e. The van der Waals surface area contributed by atoms with Crippen molar-refractivity contribution in [2.24, 2.45) is 0 Å². The van der Waals surface area contributed by atoms with Gasteiger partial charge in [-0.1, -0.05) is 6.08 Å². The van der Waals surface area contributed by atoms with Gasteiger partial charge in [0.1, 0.15) is 6.04 Å². The van der Waals surface area contributed by atoms with Gasteiger partial charge in [0.15, 0.2) is 0 Å². The number of carbonyl (C=O) groups is 2. The van der Waals surface area contributed by atoms with E-state index in [2.05, 4.69) is 6.58 Å². The van der Waals surface area contributed by atoms with Crippen LogP contribution < -0.4 is 0 Å². The highest BCUT2D eigenvalue weighted by molar-refractivity contribution is 5.87. The molecular formula is C12H20N2O3. The smallest absolute Gasteiger partial charge is 0.305 e. The van der Waals surface area contributed by atoms with Gasteiger partial charge in [-0.15, -0.1) is 6.58 Å². The molecule has 0 aliphatic carbocycles. The van der Waals surface area contributed by atoms with Crippen molar-refractivity contribution < 1.29 is 14.7 Å². The molecule has 1 heterocycles. The van der Waals surface area contributed by atoms with Crippen molar-refractivity contribution in [1.82, 2.24) is 9.80 Å². The number of carboxylic acids is 1. The maximum Gasteiger partial charge on any atom is 0.305 e. The molecule has 1 N–H and O–H groups in total. The quantitative estimate of drug-likeness (QED) is 0.714. The van der Waals surface area contributed by atoms with Gasteiger partial charge in [-0.3, -0.25) is 14.5 Å². The fraction of sp³-hybridized carbons (Fsp3) is 0.667. The SMILES string of the molecule is C=CCN1CCN(C(C)C)C(CC(=O)O)C1=O. The minimum absolute atomic E-state index is 0.104. The summed E-state index contributed by atoms with van der Waals surface area (Å²) in [5, 5.41) is 8.88. The molecule has 0 saturated carbocycles. The van der Waals surface area contributed by atoms with Crippen LogP contribution in [-0.2, 0) is 9.59 Å². The van der Waals surface area contributed by atoms with E-state index in [4.69, 9.17) is 5.11 Å². The third-order valence-corrected chi connectivity index (χ3v) is 3.01. The summed E-state index contributed by atoms with van der Waals surface area (Å²) < 4.78 is 0. The van der Waals surface area contributed by atoms with Crippen LogP contribution in [0.15, 0.2) is 12.7 Å². The van der Waals surface area contributed by atoms with Crippen LogP contribution in [0.1, 0.15) is 20.3 Å². The summed E-state index contributed by atoms with van der Waals surface area (Å²) in [7, 11) is 0. The lowest BCUT2D eigenvalue weighted by Crippen LogP contribution is -2.59. The normalized spacial score (nSPS) is 21.9. The summed E-state index contributed by atoms with van der Waals surface area (Å²) in [5.41, 5.74) is 0. The highest BCUT2D eigenvalue weighted by Gasteiger charge is 2.36. The predicted octanol–water partition coefficient (Wildman–Crippen LogP) is 0.568. The summed E-state index contributed by atoms with van der Waals surface area (Å²) in [6, 6.07) is -0.365. The highest BCUT2D eigenvalue weighted by Crippen LogP contribution is 2.17. The molecule has 5 nitrogen and oxygen atoms in total. The standard InChI is InChI=1S/C12H20N2O3/c1-4-5-13-6-7-14(9(2)3)10(12(13)17)8-11(15)16/h4,9-10H,1,5-8H2,2-3H3,(H,15,16). The van der Waals surface area contributed by atoms with Crippen molar-refractivity contribution in [2.45, 2.75) is 32.4 Å². The largest absolute Gasteiger partial charge is 0.481 e. The summed E-state index contributed by atoms with van der Waals surface area (Å²) >= 11 is 0. The van der Waals surface area contributed by atoms with E-state index in [9.17, 15) is 9.59 Å². The van der Waals surface area contributed by atoms with Crippen LogP contribution in [0.3, 0.4) is 0 Å². The maximum absolute atomic E-state index is 12.1. The average molecular weight is 240 g/mol. The van der Waals surface area contributed by atoms with Crippen molar-refractivity contribution in [3.05, 3.63) is 12.7 Å². The number of hydrogen-bond donors (Lipinski definition) is 1. The molecule has 1 aliphatic rings. The van der Waals surface area contributed by atoms with Crippen LogP contribution in [0.5, 0.6) is 0 Å². The van der Waals surface area contributed by atoms with Gasteiger partial charge in [0.2, 0.25) is 5.91 Å². The molecule has 17 heavy (non-hydrogen) atoms. The average Bonchev–Trinajstić information content (AvgIpc) is 2.23. The Morgan fingerprint density at radius 2 is 2.24 bits per heavy atom. The van der Waals surface area contributed by atoms with E-state index in [-0.39, 0.29) is 18.4 Å². The van der Waals surface area contributed by atoms with Gasteiger partial charge in [-0.2, -0.15) is 0 Å². The number of carbonyl (C=O) groups excluding carboxylic acids is 1. The van der Waals surface area contributed by atoms with E-state index in [1.54, 1.807) is 11.0 Å². The molecule has 0 spiro atoms. The van der Waals surface area contributed by atoms with Gasteiger partial charge in [-0.25, -0.2) is 0 Å². The minimum atomic E-state index is -0.936. The number of nitrogens with zero attached hydrogens (tertiary/aromatic N) is 2. The van der Waals surface area contributed by atoms with E-state index in [0.717, 1.165) is 6.54 Å². The molecule has 0 aromatic carbocycles. The lowest BCUT2D eigenvalue weighted by atomic mass is 10.1. The molecule has 5 heteroatoms. The van der Waals surface area contributed by atoms with Crippen molar-refractivity contribution >= 4 is 11.9 Å². The number of aliphatic carboxylic acids is 1. The summed E-state index contributed by atoms with van der Waals surface area (Å²) in [4.78, 5) is 26.6. The number of piperazine rings is 1.